The predicted octanol–water partition coefficient (Wildman–Crippen LogP) is 4.88. The lowest BCUT2D eigenvalue weighted by atomic mass is 10.0. The van der Waals surface area contributed by atoms with E-state index in [1.54, 1.807) is 12.3 Å². The van der Waals surface area contributed by atoms with E-state index in [0.717, 1.165) is 34.2 Å². The molecule has 0 aliphatic heterocycles. The van der Waals surface area contributed by atoms with Gasteiger partial charge >= 0.3 is 6.09 Å². The van der Waals surface area contributed by atoms with Crippen molar-refractivity contribution in [2.45, 2.75) is 20.0 Å². The maximum absolute atomic E-state index is 12.6. The van der Waals surface area contributed by atoms with Gasteiger partial charge in [-0.1, -0.05) is 56.0 Å². The Hall–Kier alpha value is -3.80. The molecule has 0 amide bonds. The standard InChI is InChI=1S/C23H20N4O2/c1-3-17-13-24-21(4-2)26-22(17)18-11-8-12-20-19(18)14-25-27(20)23(28)29-15-16-9-6-5-7-10-16/h4-14H,2-3,15H2,1H3. The Balaban J connectivity index is 1.70. The van der Waals surface area contributed by atoms with Crippen LogP contribution in [0.25, 0.3) is 28.2 Å². The number of nitrogens with zero attached hydrogens (tertiary/aromatic N) is 4. The van der Waals surface area contributed by atoms with Crippen LogP contribution in [0.5, 0.6) is 0 Å². The molecule has 2 heterocycles. The largest absolute Gasteiger partial charge is 0.443 e. The minimum absolute atomic E-state index is 0.190. The average molecular weight is 384 g/mol. The van der Waals surface area contributed by atoms with Gasteiger partial charge in [-0.15, -0.1) is 0 Å². The first kappa shape index (κ1) is 18.6. The van der Waals surface area contributed by atoms with Crippen LogP contribution in [-0.4, -0.2) is 25.8 Å². The summed E-state index contributed by atoms with van der Waals surface area (Å²) < 4.78 is 6.71. The second-order valence-electron chi connectivity index (χ2n) is 6.49. The van der Waals surface area contributed by atoms with E-state index in [4.69, 9.17) is 4.74 Å². The monoisotopic (exact) mass is 384 g/mol. The van der Waals surface area contributed by atoms with E-state index in [2.05, 4.69) is 28.6 Å². The first-order valence-electron chi connectivity index (χ1n) is 9.37. The molecule has 6 nitrogen and oxygen atoms in total. The Kier molecular flexibility index (Phi) is 5.16. The van der Waals surface area contributed by atoms with Crippen molar-refractivity contribution in [3.8, 4) is 11.3 Å². The first-order valence-corrected chi connectivity index (χ1v) is 9.37. The molecule has 6 heteroatoms. The van der Waals surface area contributed by atoms with Crippen LogP contribution in [-0.2, 0) is 17.8 Å². The Morgan fingerprint density at radius 2 is 1.97 bits per heavy atom. The molecule has 0 atom stereocenters. The summed E-state index contributed by atoms with van der Waals surface area (Å²) in [6.07, 6.45) is 5.37. The molecule has 4 aromatic rings. The molecular weight excluding hydrogens is 364 g/mol. The second-order valence-corrected chi connectivity index (χ2v) is 6.49. The molecule has 0 saturated carbocycles. The number of aryl methyl sites for hydroxylation is 1. The van der Waals surface area contributed by atoms with Crippen LogP contribution in [0, 0.1) is 0 Å². The van der Waals surface area contributed by atoms with Crippen LogP contribution in [0.15, 0.2) is 67.5 Å². The van der Waals surface area contributed by atoms with Gasteiger partial charge in [0.1, 0.15) is 6.61 Å². The third-order valence-corrected chi connectivity index (χ3v) is 4.69. The van der Waals surface area contributed by atoms with E-state index in [1.165, 1.54) is 4.68 Å². The molecule has 0 radical (unpaired) electrons. The fraction of sp³-hybridized carbons (Fsp3) is 0.130. The summed E-state index contributed by atoms with van der Waals surface area (Å²) >= 11 is 0. The van der Waals surface area contributed by atoms with Crippen LogP contribution in [0.3, 0.4) is 0 Å². The van der Waals surface area contributed by atoms with Crippen molar-refractivity contribution in [1.82, 2.24) is 19.7 Å². The third kappa shape index (κ3) is 3.65. The fourth-order valence-corrected chi connectivity index (χ4v) is 3.19. The Bertz CT molecular complexity index is 1180. The highest BCUT2D eigenvalue weighted by molar-refractivity contribution is 5.97. The molecule has 0 saturated heterocycles. The van der Waals surface area contributed by atoms with Crippen LogP contribution < -0.4 is 0 Å². The normalized spacial score (nSPS) is 10.8. The van der Waals surface area contributed by atoms with Crippen molar-refractivity contribution < 1.29 is 9.53 Å². The minimum atomic E-state index is -0.522. The van der Waals surface area contributed by atoms with Crippen LogP contribution in [0.2, 0.25) is 0 Å². The van der Waals surface area contributed by atoms with E-state index in [0.29, 0.717) is 11.3 Å². The zero-order chi connectivity index (χ0) is 20.2. The highest BCUT2D eigenvalue weighted by atomic mass is 16.6. The topological polar surface area (TPSA) is 69.9 Å². The highest BCUT2D eigenvalue weighted by Crippen LogP contribution is 2.30. The van der Waals surface area contributed by atoms with Gasteiger partial charge in [-0.3, -0.25) is 0 Å². The first-order chi connectivity index (χ1) is 14.2. The van der Waals surface area contributed by atoms with E-state index in [-0.39, 0.29) is 6.61 Å². The molecule has 4 rings (SSSR count). The number of rotatable bonds is 5. The molecular formula is C23H20N4O2. The summed E-state index contributed by atoms with van der Waals surface area (Å²) in [5.74, 6) is 0.559. The van der Waals surface area contributed by atoms with Crippen LogP contribution >= 0.6 is 0 Å². The lowest BCUT2D eigenvalue weighted by Crippen LogP contribution is -2.14. The maximum atomic E-state index is 12.6. The van der Waals surface area contributed by atoms with Crippen molar-refractivity contribution in [2.24, 2.45) is 0 Å². The van der Waals surface area contributed by atoms with Gasteiger partial charge in [0, 0.05) is 17.1 Å². The number of ether oxygens (including phenoxy) is 1. The van der Waals surface area contributed by atoms with Gasteiger partial charge in [0.15, 0.2) is 5.82 Å². The van der Waals surface area contributed by atoms with E-state index in [9.17, 15) is 4.79 Å². The Morgan fingerprint density at radius 1 is 1.14 bits per heavy atom. The summed E-state index contributed by atoms with van der Waals surface area (Å²) in [6, 6.07) is 15.2. The molecule has 0 bridgehead atoms. The molecule has 144 valence electrons. The molecule has 0 aliphatic carbocycles. The fourth-order valence-electron chi connectivity index (χ4n) is 3.19. The van der Waals surface area contributed by atoms with Gasteiger partial charge in [-0.2, -0.15) is 9.78 Å². The SMILES string of the molecule is C=Cc1ncc(CC)c(-c2cccc3c2cnn3C(=O)OCc2ccccc2)n1. The lowest BCUT2D eigenvalue weighted by molar-refractivity contribution is 0.139. The van der Waals surface area contributed by atoms with Gasteiger partial charge in [0.25, 0.3) is 0 Å². The number of aromatic nitrogens is 4. The second kappa shape index (κ2) is 8.06. The molecule has 0 fully saturated rings. The van der Waals surface area contributed by atoms with Crippen molar-refractivity contribution in [3.63, 3.8) is 0 Å². The molecule has 0 unspecified atom stereocenters. The zero-order valence-electron chi connectivity index (χ0n) is 16.1. The van der Waals surface area contributed by atoms with Gasteiger partial charge < -0.3 is 4.74 Å². The lowest BCUT2D eigenvalue weighted by Gasteiger charge is -2.09. The average Bonchev–Trinajstić information content (AvgIpc) is 3.22. The number of hydrogen-bond donors (Lipinski definition) is 0. The zero-order valence-corrected chi connectivity index (χ0v) is 16.1. The number of fused-ring (bicyclic) bond motifs is 1. The van der Waals surface area contributed by atoms with Gasteiger partial charge in [0.05, 0.1) is 17.4 Å². The summed E-state index contributed by atoms with van der Waals surface area (Å²) in [7, 11) is 0. The quantitative estimate of drug-likeness (QED) is 0.490. The van der Waals surface area contributed by atoms with Crippen molar-refractivity contribution in [2.75, 3.05) is 0 Å². The predicted molar refractivity (Wildman–Crippen MR) is 112 cm³/mol. The van der Waals surface area contributed by atoms with Gasteiger partial charge in [-0.05, 0) is 29.7 Å². The number of benzene rings is 2. The van der Waals surface area contributed by atoms with Crippen molar-refractivity contribution >= 4 is 23.1 Å². The Labute approximate surface area is 168 Å². The molecule has 29 heavy (non-hydrogen) atoms. The minimum Gasteiger partial charge on any atom is -0.443 e. The van der Waals surface area contributed by atoms with Crippen LogP contribution in [0.4, 0.5) is 4.79 Å². The summed E-state index contributed by atoms with van der Waals surface area (Å²) in [6.45, 7) is 6.00. The number of carbonyl (C=O) groups is 1. The third-order valence-electron chi connectivity index (χ3n) is 4.69. The Morgan fingerprint density at radius 3 is 2.72 bits per heavy atom. The molecule has 0 spiro atoms. The van der Waals surface area contributed by atoms with Crippen LogP contribution in [0.1, 0.15) is 23.9 Å². The van der Waals surface area contributed by atoms with E-state index in [1.807, 2.05) is 54.7 Å². The number of carbonyl (C=O) groups excluding carboxylic acids is 1. The highest BCUT2D eigenvalue weighted by Gasteiger charge is 2.17. The molecule has 2 aromatic carbocycles. The van der Waals surface area contributed by atoms with E-state index < -0.39 is 6.09 Å². The van der Waals surface area contributed by atoms with Crippen molar-refractivity contribution in [1.29, 1.82) is 0 Å². The summed E-state index contributed by atoms with van der Waals surface area (Å²) in [5, 5.41) is 5.10. The molecule has 0 N–H and O–H groups in total. The van der Waals surface area contributed by atoms with Gasteiger partial charge in [-0.25, -0.2) is 14.8 Å². The van der Waals surface area contributed by atoms with Crippen molar-refractivity contribution in [3.05, 3.63) is 84.5 Å². The van der Waals surface area contributed by atoms with E-state index >= 15 is 0 Å². The number of hydrogen-bond acceptors (Lipinski definition) is 5. The molecule has 0 aliphatic rings. The molecule has 2 aromatic heterocycles. The summed E-state index contributed by atoms with van der Waals surface area (Å²) in [5.41, 5.74) is 4.32. The summed E-state index contributed by atoms with van der Waals surface area (Å²) in [4.78, 5) is 21.5. The van der Waals surface area contributed by atoms with Gasteiger partial charge in [0.2, 0.25) is 0 Å². The maximum Gasteiger partial charge on any atom is 0.435 e. The smallest absolute Gasteiger partial charge is 0.435 e.